The van der Waals surface area contributed by atoms with E-state index in [9.17, 15) is 0 Å². The van der Waals surface area contributed by atoms with E-state index in [4.69, 9.17) is 5.21 Å². The molecule has 2 rings (SSSR count). The molecule has 0 atom stereocenters. The van der Waals surface area contributed by atoms with Gasteiger partial charge in [0.15, 0.2) is 0 Å². The minimum atomic E-state index is 0.735. The van der Waals surface area contributed by atoms with Crippen LogP contribution in [0, 0.1) is 0 Å². The molecule has 0 radical (unpaired) electrons. The fraction of sp³-hybridized carbons (Fsp3) is 0. The van der Waals surface area contributed by atoms with Gasteiger partial charge in [-0.2, -0.15) is 0 Å². The quantitative estimate of drug-likeness (QED) is 0.719. The molecule has 4 heteroatoms. The smallest absolute Gasteiger partial charge is 0.113 e. The molecule has 66 valence electrons. The second kappa shape index (κ2) is 3.55. The molecule has 0 amide bonds. The largest absolute Gasteiger partial charge is 0.290 e. The van der Waals surface area contributed by atoms with Crippen LogP contribution in [0.3, 0.4) is 0 Å². The monoisotopic (exact) mass is 192 g/mol. The van der Waals surface area contributed by atoms with Crippen molar-refractivity contribution in [2.75, 3.05) is 5.48 Å². The van der Waals surface area contributed by atoms with Crippen molar-refractivity contribution >= 4 is 16.3 Å². The van der Waals surface area contributed by atoms with E-state index in [2.05, 4.69) is 10.5 Å². The standard InChI is InChI=1S/C9H8N2OS/c12-11-9-4-8(6-13-9)7-2-1-3-10-5-7/h1-6,11-12H. The summed E-state index contributed by atoms with van der Waals surface area (Å²) >= 11 is 1.46. The van der Waals surface area contributed by atoms with Crippen molar-refractivity contribution in [3.8, 4) is 11.1 Å². The first-order valence-corrected chi connectivity index (χ1v) is 4.67. The summed E-state index contributed by atoms with van der Waals surface area (Å²) in [6.45, 7) is 0. The first-order valence-electron chi connectivity index (χ1n) is 3.79. The average molecular weight is 192 g/mol. The van der Waals surface area contributed by atoms with Gasteiger partial charge in [0.05, 0.1) is 0 Å². The fourth-order valence-corrected chi connectivity index (χ4v) is 1.79. The Labute approximate surface area is 79.6 Å². The van der Waals surface area contributed by atoms with Crippen molar-refractivity contribution in [3.05, 3.63) is 36.0 Å². The Bertz CT molecular complexity index is 386. The highest BCUT2D eigenvalue weighted by Crippen LogP contribution is 2.27. The summed E-state index contributed by atoms with van der Waals surface area (Å²) < 4.78 is 0. The van der Waals surface area contributed by atoms with Crippen LogP contribution >= 0.6 is 11.3 Å². The molecule has 0 fully saturated rings. The number of nitrogens with one attached hydrogen (secondary N) is 1. The minimum Gasteiger partial charge on any atom is -0.290 e. The Morgan fingerprint density at radius 2 is 2.31 bits per heavy atom. The molecule has 2 N–H and O–H groups in total. The van der Waals surface area contributed by atoms with E-state index in [-0.39, 0.29) is 0 Å². The third kappa shape index (κ3) is 1.68. The molecule has 2 aromatic heterocycles. The first-order chi connectivity index (χ1) is 6.40. The minimum absolute atomic E-state index is 0.735. The molecule has 0 spiro atoms. The molecule has 0 saturated heterocycles. The van der Waals surface area contributed by atoms with Crippen LogP contribution in [0.1, 0.15) is 0 Å². The number of rotatable bonds is 2. The SMILES string of the molecule is ONc1cc(-c2cccnc2)cs1. The summed E-state index contributed by atoms with van der Waals surface area (Å²) in [5.41, 5.74) is 4.24. The molecule has 13 heavy (non-hydrogen) atoms. The Morgan fingerprint density at radius 1 is 1.38 bits per heavy atom. The molecule has 0 aliphatic rings. The zero-order valence-electron chi connectivity index (χ0n) is 6.77. The van der Waals surface area contributed by atoms with Crippen LogP contribution < -0.4 is 5.48 Å². The number of hydrogen-bond donors (Lipinski definition) is 2. The molecule has 2 heterocycles. The number of nitrogens with zero attached hydrogens (tertiary/aromatic N) is 1. The third-order valence-electron chi connectivity index (χ3n) is 1.70. The lowest BCUT2D eigenvalue weighted by Crippen LogP contribution is -1.82. The number of anilines is 1. The molecule has 0 unspecified atom stereocenters. The van der Waals surface area contributed by atoms with E-state index in [1.54, 1.807) is 12.4 Å². The van der Waals surface area contributed by atoms with E-state index in [0.29, 0.717) is 0 Å². The zero-order chi connectivity index (χ0) is 9.10. The van der Waals surface area contributed by atoms with Gasteiger partial charge in [0, 0.05) is 23.3 Å². The molecular formula is C9H8N2OS. The van der Waals surface area contributed by atoms with E-state index < -0.39 is 0 Å². The van der Waals surface area contributed by atoms with Gasteiger partial charge in [-0.25, -0.2) is 0 Å². The second-order valence-electron chi connectivity index (χ2n) is 2.55. The van der Waals surface area contributed by atoms with Crippen LogP contribution in [0.4, 0.5) is 5.00 Å². The van der Waals surface area contributed by atoms with E-state index >= 15 is 0 Å². The van der Waals surface area contributed by atoms with E-state index in [0.717, 1.165) is 16.1 Å². The topological polar surface area (TPSA) is 45.1 Å². The predicted molar refractivity (Wildman–Crippen MR) is 53.0 cm³/mol. The fourth-order valence-electron chi connectivity index (χ4n) is 1.08. The lowest BCUT2D eigenvalue weighted by atomic mass is 10.2. The second-order valence-corrected chi connectivity index (χ2v) is 3.46. The van der Waals surface area contributed by atoms with Crippen molar-refractivity contribution in [2.45, 2.75) is 0 Å². The van der Waals surface area contributed by atoms with Crippen molar-refractivity contribution in [1.29, 1.82) is 0 Å². The molecule has 0 aliphatic heterocycles. The Hall–Kier alpha value is -1.39. The molecule has 0 saturated carbocycles. The Kier molecular flexibility index (Phi) is 2.25. The number of aromatic nitrogens is 1. The predicted octanol–water partition coefficient (Wildman–Crippen LogP) is 2.61. The molecule has 0 aromatic carbocycles. The lowest BCUT2D eigenvalue weighted by Gasteiger charge is -1.93. The Morgan fingerprint density at radius 3 is 2.92 bits per heavy atom. The van der Waals surface area contributed by atoms with Gasteiger partial charge in [-0.3, -0.25) is 15.7 Å². The highest BCUT2D eigenvalue weighted by molar-refractivity contribution is 7.14. The van der Waals surface area contributed by atoms with Gasteiger partial charge in [-0.1, -0.05) is 6.07 Å². The maximum Gasteiger partial charge on any atom is 0.113 e. The number of hydrogen-bond acceptors (Lipinski definition) is 4. The summed E-state index contributed by atoms with van der Waals surface area (Å²) in [5.74, 6) is 0. The molecule has 0 aliphatic carbocycles. The highest BCUT2D eigenvalue weighted by Gasteiger charge is 2.00. The van der Waals surface area contributed by atoms with Crippen molar-refractivity contribution in [3.63, 3.8) is 0 Å². The van der Waals surface area contributed by atoms with Crippen LogP contribution in [0.5, 0.6) is 0 Å². The first kappa shape index (κ1) is 8.22. The van der Waals surface area contributed by atoms with Crippen molar-refractivity contribution in [1.82, 2.24) is 4.98 Å². The number of pyridine rings is 1. The van der Waals surface area contributed by atoms with Crippen molar-refractivity contribution < 1.29 is 5.21 Å². The summed E-state index contributed by atoms with van der Waals surface area (Å²) in [5, 5.41) is 11.3. The molecule has 0 bridgehead atoms. The van der Waals surface area contributed by atoms with Gasteiger partial charge in [0.2, 0.25) is 0 Å². The average Bonchev–Trinajstić information content (AvgIpc) is 2.67. The normalized spacial score (nSPS) is 9.92. The van der Waals surface area contributed by atoms with Gasteiger partial charge < -0.3 is 0 Å². The zero-order valence-corrected chi connectivity index (χ0v) is 7.58. The van der Waals surface area contributed by atoms with Gasteiger partial charge in [0.1, 0.15) is 5.00 Å². The number of thiophene rings is 1. The highest BCUT2D eigenvalue weighted by atomic mass is 32.1. The van der Waals surface area contributed by atoms with Crippen LogP contribution in [-0.4, -0.2) is 10.2 Å². The van der Waals surface area contributed by atoms with Crippen LogP contribution in [-0.2, 0) is 0 Å². The summed E-state index contributed by atoms with van der Waals surface area (Å²) in [4.78, 5) is 4.02. The summed E-state index contributed by atoms with van der Waals surface area (Å²) in [6.07, 6.45) is 3.53. The molecular weight excluding hydrogens is 184 g/mol. The van der Waals surface area contributed by atoms with Gasteiger partial charge in [-0.05, 0) is 17.7 Å². The van der Waals surface area contributed by atoms with E-state index in [1.807, 2.05) is 23.6 Å². The third-order valence-corrected chi connectivity index (χ3v) is 2.54. The van der Waals surface area contributed by atoms with Crippen LogP contribution in [0.2, 0.25) is 0 Å². The lowest BCUT2D eigenvalue weighted by molar-refractivity contribution is 0.391. The summed E-state index contributed by atoms with van der Waals surface area (Å²) in [7, 11) is 0. The summed E-state index contributed by atoms with van der Waals surface area (Å²) in [6, 6.07) is 5.75. The maximum atomic E-state index is 8.64. The van der Waals surface area contributed by atoms with Crippen LogP contribution in [0.25, 0.3) is 11.1 Å². The van der Waals surface area contributed by atoms with Gasteiger partial charge in [0.25, 0.3) is 0 Å². The van der Waals surface area contributed by atoms with Gasteiger partial charge >= 0.3 is 0 Å². The molecule has 3 nitrogen and oxygen atoms in total. The van der Waals surface area contributed by atoms with Crippen molar-refractivity contribution in [2.24, 2.45) is 0 Å². The van der Waals surface area contributed by atoms with Crippen LogP contribution in [0.15, 0.2) is 36.0 Å². The molecule has 2 aromatic rings. The maximum absolute atomic E-state index is 8.64. The van der Waals surface area contributed by atoms with E-state index in [1.165, 1.54) is 11.3 Å². The Balaban J connectivity index is 2.36. The van der Waals surface area contributed by atoms with Gasteiger partial charge in [-0.15, -0.1) is 11.3 Å².